The Kier molecular flexibility index (Phi) is 3.59. The molecule has 5 heteroatoms. The van der Waals surface area contributed by atoms with E-state index >= 15 is 0 Å². The van der Waals surface area contributed by atoms with E-state index in [9.17, 15) is 8.78 Å². The first-order valence-corrected chi connectivity index (χ1v) is 5.53. The van der Waals surface area contributed by atoms with Crippen LogP contribution in [0, 0.1) is 0 Å². The van der Waals surface area contributed by atoms with E-state index in [1.54, 1.807) is 12.1 Å². The van der Waals surface area contributed by atoms with Gasteiger partial charge in [-0.05, 0) is 30.5 Å². The third-order valence-electron chi connectivity index (χ3n) is 2.97. The maximum atomic E-state index is 11.9. The zero-order valence-corrected chi connectivity index (χ0v) is 9.33. The first-order chi connectivity index (χ1) is 8.13. The Morgan fingerprint density at radius 3 is 2.41 bits per heavy atom. The Morgan fingerprint density at radius 2 is 1.94 bits per heavy atom. The molecular formula is C12H15F2NO2. The molecule has 0 saturated heterocycles. The van der Waals surface area contributed by atoms with Crippen LogP contribution in [0.2, 0.25) is 0 Å². The Labute approximate surface area is 98.4 Å². The second-order valence-corrected chi connectivity index (χ2v) is 4.31. The first kappa shape index (κ1) is 12.3. The van der Waals surface area contributed by atoms with Crippen LogP contribution in [0.25, 0.3) is 0 Å². The van der Waals surface area contributed by atoms with Crippen LogP contribution in [0.1, 0.15) is 18.4 Å². The summed E-state index contributed by atoms with van der Waals surface area (Å²) in [6.45, 7) is -2.03. The maximum absolute atomic E-state index is 11.9. The van der Waals surface area contributed by atoms with Crippen LogP contribution in [0.15, 0.2) is 24.3 Å². The lowest BCUT2D eigenvalue weighted by molar-refractivity contribution is -0.0498. The summed E-state index contributed by atoms with van der Waals surface area (Å²) < 4.78 is 28.1. The molecular weight excluding hydrogens is 228 g/mol. The molecule has 1 aromatic carbocycles. The number of halogens is 2. The van der Waals surface area contributed by atoms with Gasteiger partial charge in [-0.2, -0.15) is 8.78 Å². The molecule has 17 heavy (non-hydrogen) atoms. The van der Waals surface area contributed by atoms with Crippen LogP contribution >= 0.6 is 0 Å². The minimum atomic E-state index is -2.79. The van der Waals surface area contributed by atoms with Crippen molar-refractivity contribution >= 4 is 0 Å². The van der Waals surface area contributed by atoms with E-state index in [2.05, 4.69) is 10.1 Å². The summed E-state index contributed by atoms with van der Waals surface area (Å²) >= 11 is 0. The van der Waals surface area contributed by atoms with Gasteiger partial charge in [0.1, 0.15) is 5.75 Å². The lowest BCUT2D eigenvalue weighted by Gasteiger charge is -2.14. The van der Waals surface area contributed by atoms with Gasteiger partial charge < -0.3 is 15.2 Å². The van der Waals surface area contributed by atoms with Crippen molar-refractivity contribution < 1.29 is 18.6 Å². The van der Waals surface area contributed by atoms with Gasteiger partial charge in [-0.1, -0.05) is 12.1 Å². The zero-order valence-electron chi connectivity index (χ0n) is 9.33. The van der Waals surface area contributed by atoms with E-state index < -0.39 is 6.61 Å². The minimum absolute atomic E-state index is 0.113. The first-order valence-electron chi connectivity index (χ1n) is 5.53. The fourth-order valence-electron chi connectivity index (χ4n) is 1.62. The molecule has 0 radical (unpaired) electrons. The molecule has 0 spiro atoms. The molecule has 2 rings (SSSR count). The molecule has 0 atom stereocenters. The number of nitrogens with one attached hydrogen (secondary N) is 1. The molecule has 1 aromatic rings. The maximum Gasteiger partial charge on any atom is 0.387 e. The Balaban J connectivity index is 1.85. The van der Waals surface area contributed by atoms with Crippen molar-refractivity contribution in [2.24, 2.45) is 0 Å². The number of rotatable bonds is 6. The van der Waals surface area contributed by atoms with Gasteiger partial charge in [0.15, 0.2) is 0 Å². The average molecular weight is 243 g/mol. The smallest absolute Gasteiger partial charge is 0.387 e. The molecule has 94 valence electrons. The SMILES string of the molecule is OCC1(NCc2ccc(OC(F)F)cc2)CC1. The second-order valence-electron chi connectivity index (χ2n) is 4.31. The van der Waals surface area contributed by atoms with E-state index in [1.165, 1.54) is 12.1 Å². The van der Waals surface area contributed by atoms with Crippen LogP contribution in [-0.2, 0) is 6.54 Å². The highest BCUT2D eigenvalue weighted by Gasteiger charge is 2.41. The molecule has 0 aliphatic heterocycles. The van der Waals surface area contributed by atoms with E-state index in [0.29, 0.717) is 6.54 Å². The summed E-state index contributed by atoms with van der Waals surface area (Å²) in [6.07, 6.45) is 1.96. The third kappa shape index (κ3) is 3.38. The molecule has 0 amide bonds. The summed E-state index contributed by atoms with van der Waals surface area (Å²) in [5, 5.41) is 12.4. The molecule has 0 unspecified atom stereocenters. The molecule has 1 fully saturated rings. The van der Waals surface area contributed by atoms with Crippen molar-refractivity contribution in [1.82, 2.24) is 5.32 Å². The number of ether oxygens (including phenoxy) is 1. The van der Waals surface area contributed by atoms with Crippen LogP contribution in [0.4, 0.5) is 8.78 Å². The van der Waals surface area contributed by atoms with Gasteiger partial charge in [0, 0.05) is 12.1 Å². The average Bonchev–Trinajstić information content (AvgIpc) is 3.08. The van der Waals surface area contributed by atoms with Crippen molar-refractivity contribution in [3.05, 3.63) is 29.8 Å². The van der Waals surface area contributed by atoms with E-state index in [0.717, 1.165) is 18.4 Å². The summed E-state index contributed by atoms with van der Waals surface area (Å²) in [7, 11) is 0. The highest BCUT2D eigenvalue weighted by molar-refractivity contribution is 5.27. The van der Waals surface area contributed by atoms with Crippen molar-refractivity contribution in [1.29, 1.82) is 0 Å². The van der Waals surface area contributed by atoms with Crippen LogP contribution < -0.4 is 10.1 Å². The van der Waals surface area contributed by atoms with Crippen molar-refractivity contribution in [3.8, 4) is 5.75 Å². The summed E-state index contributed by atoms with van der Waals surface area (Å²) in [5.41, 5.74) is 0.865. The number of aliphatic hydroxyl groups is 1. The summed E-state index contributed by atoms with van der Waals surface area (Å²) in [6, 6.07) is 6.50. The fraction of sp³-hybridized carbons (Fsp3) is 0.500. The predicted octanol–water partition coefficient (Wildman–Crippen LogP) is 1.90. The molecule has 1 aliphatic rings. The van der Waals surface area contributed by atoms with Crippen LogP contribution in [-0.4, -0.2) is 23.9 Å². The quantitative estimate of drug-likeness (QED) is 0.801. The Bertz CT molecular complexity index is 363. The van der Waals surface area contributed by atoms with E-state index in [-0.39, 0.29) is 17.9 Å². The van der Waals surface area contributed by atoms with Crippen LogP contribution in [0.5, 0.6) is 5.75 Å². The molecule has 1 saturated carbocycles. The van der Waals surface area contributed by atoms with Gasteiger partial charge in [-0.15, -0.1) is 0 Å². The monoisotopic (exact) mass is 243 g/mol. The topological polar surface area (TPSA) is 41.5 Å². The van der Waals surface area contributed by atoms with E-state index in [1.807, 2.05) is 0 Å². The number of hydrogen-bond donors (Lipinski definition) is 2. The van der Waals surface area contributed by atoms with Gasteiger partial charge in [0.2, 0.25) is 0 Å². The third-order valence-corrected chi connectivity index (χ3v) is 2.97. The normalized spacial score (nSPS) is 17.2. The molecule has 0 aromatic heterocycles. The number of hydrogen-bond acceptors (Lipinski definition) is 3. The fourth-order valence-corrected chi connectivity index (χ4v) is 1.62. The Hall–Kier alpha value is -1.20. The van der Waals surface area contributed by atoms with Gasteiger partial charge >= 0.3 is 6.61 Å². The van der Waals surface area contributed by atoms with Gasteiger partial charge in [0.05, 0.1) is 6.61 Å². The summed E-state index contributed by atoms with van der Waals surface area (Å²) in [4.78, 5) is 0. The minimum Gasteiger partial charge on any atom is -0.435 e. The number of aliphatic hydroxyl groups excluding tert-OH is 1. The van der Waals surface area contributed by atoms with Gasteiger partial charge in [0.25, 0.3) is 0 Å². The van der Waals surface area contributed by atoms with Gasteiger partial charge in [-0.25, -0.2) is 0 Å². The molecule has 3 nitrogen and oxygen atoms in total. The second kappa shape index (κ2) is 4.98. The molecule has 2 N–H and O–H groups in total. The Morgan fingerprint density at radius 1 is 1.29 bits per heavy atom. The highest BCUT2D eigenvalue weighted by Crippen LogP contribution is 2.34. The lowest BCUT2D eigenvalue weighted by atomic mass is 10.2. The van der Waals surface area contributed by atoms with Crippen molar-refractivity contribution in [3.63, 3.8) is 0 Å². The number of alkyl halides is 2. The highest BCUT2D eigenvalue weighted by atomic mass is 19.3. The lowest BCUT2D eigenvalue weighted by Crippen LogP contribution is -2.34. The standard InChI is InChI=1S/C12H15F2NO2/c13-11(14)17-10-3-1-9(2-4-10)7-15-12(8-16)5-6-12/h1-4,11,15-16H,5-8H2. The zero-order chi connectivity index (χ0) is 12.3. The predicted molar refractivity (Wildman–Crippen MR) is 59.0 cm³/mol. The largest absolute Gasteiger partial charge is 0.435 e. The van der Waals surface area contributed by atoms with Crippen LogP contribution in [0.3, 0.4) is 0 Å². The molecule has 1 aliphatic carbocycles. The summed E-state index contributed by atoms with van der Waals surface area (Å²) in [5.74, 6) is 0.159. The van der Waals surface area contributed by atoms with Gasteiger partial charge in [-0.3, -0.25) is 0 Å². The van der Waals surface area contributed by atoms with Crippen molar-refractivity contribution in [2.45, 2.75) is 31.5 Å². The van der Waals surface area contributed by atoms with Crippen molar-refractivity contribution in [2.75, 3.05) is 6.61 Å². The molecule has 0 bridgehead atoms. The molecule has 0 heterocycles. The number of benzene rings is 1. The van der Waals surface area contributed by atoms with E-state index in [4.69, 9.17) is 5.11 Å².